The Morgan fingerprint density at radius 2 is 2.36 bits per heavy atom. The molecule has 0 aliphatic rings. The molecule has 1 amide bonds. The SMILES string of the molecule is NC(=O)c1cc([N+](=O)[O-])c[nH]1. The summed E-state index contributed by atoms with van der Waals surface area (Å²) >= 11 is 0. The van der Waals surface area contributed by atoms with E-state index in [1.807, 2.05) is 0 Å². The quantitative estimate of drug-likeness (QED) is 0.464. The van der Waals surface area contributed by atoms with Crippen molar-refractivity contribution < 1.29 is 9.72 Å². The lowest BCUT2D eigenvalue weighted by Gasteiger charge is -1.82. The number of rotatable bonds is 2. The molecule has 0 saturated carbocycles. The Morgan fingerprint density at radius 1 is 1.73 bits per heavy atom. The summed E-state index contributed by atoms with van der Waals surface area (Å²) in [7, 11) is 0. The second-order valence-corrected chi connectivity index (χ2v) is 1.89. The number of nitro groups is 1. The number of carbonyl (C=O) groups is 1. The molecule has 0 fully saturated rings. The molecule has 0 unspecified atom stereocenters. The number of nitrogens with two attached hydrogens (primary N) is 1. The van der Waals surface area contributed by atoms with Crippen molar-refractivity contribution in [3.05, 3.63) is 28.1 Å². The highest BCUT2D eigenvalue weighted by Crippen LogP contribution is 2.10. The van der Waals surface area contributed by atoms with Crippen molar-refractivity contribution in [2.45, 2.75) is 0 Å². The van der Waals surface area contributed by atoms with E-state index in [2.05, 4.69) is 4.98 Å². The monoisotopic (exact) mass is 155 g/mol. The van der Waals surface area contributed by atoms with Crippen LogP contribution < -0.4 is 5.73 Å². The van der Waals surface area contributed by atoms with Crippen LogP contribution in [0.1, 0.15) is 10.5 Å². The van der Waals surface area contributed by atoms with E-state index < -0.39 is 10.8 Å². The molecule has 0 saturated heterocycles. The van der Waals surface area contributed by atoms with Crippen LogP contribution in [0.25, 0.3) is 0 Å². The number of carbonyl (C=O) groups excluding carboxylic acids is 1. The molecule has 1 heterocycles. The van der Waals surface area contributed by atoms with E-state index in [4.69, 9.17) is 5.73 Å². The number of H-pyrrole nitrogens is 1. The molecule has 0 aliphatic heterocycles. The maximum atomic E-state index is 10.4. The highest BCUT2D eigenvalue weighted by molar-refractivity contribution is 5.91. The molecular formula is C5H5N3O3. The molecule has 1 aromatic heterocycles. The van der Waals surface area contributed by atoms with Gasteiger partial charge in [0.05, 0.1) is 11.1 Å². The molecular weight excluding hydrogens is 150 g/mol. The van der Waals surface area contributed by atoms with Crippen molar-refractivity contribution in [3.8, 4) is 0 Å². The van der Waals surface area contributed by atoms with E-state index >= 15 is 0 Å². The summed E-state index contributed by atoms with van der Waals surface area (Å²) in [6.07, 6.45) is 1.11. The number of aromatic nitrogens is 1. The smallest absolute Gasteiger partial charge is 0.287 e. The predicted octanol–water partition coefficient (Wildman–Crippen LogP) is 0.0218. The van der Waals surface area contributed by atoms with E-state index in [1.165, 1.54) is 0 Å². The third-order valence-corrected chi connectivity index (χ3v) is 1.14. The van der Waals surface area contributed by atoms with Gasteiger partial charge in [-0.1, -0.05) is 0 Å². The van der Waals surface area contributed by atoms with Crippen LogP contribution in [-0.4, -0.2) is 15.8 Å². The van der Waals surface area contributed by atoms with Gasteiger partial charge in [-0.25, -0.2) is 0 Å². The van der Waals surface area contributed by atoms with Crippen LogP contribution >= 0.6 is 0 Å². The zero-order chi connectivity index (χ0) is 8.43. The summed E-state index contributed by atoms with van der Waals surface area (Å²) in [6.45, 7) is 0. The topological polar surface area (TPSA) is 102 Å². The van der Waals surface area contributed by atoms with Crippen LogP contribution in [0.15, 0.2) is 12.3 Å². The fraction of sp³-hybridized carbons (Fsp3) is 0. The first kappa shape index (κ1) is 7.26. The van der Waals surface area contributed by atoms with Gasteiger partial charge in [0.15, 0.2) is 0 Å². The van der Waals surface area contributed by atoms with E-state index in [0.29, 0.717) is 0 Å². The normalized spacial score (nSPS) is 9.45. The summed E-state index contributed by atoms with van der Waals surface area (Å²) in [4.78, 5) is 22.2. The van der Waals surface area contributed by atoms with Crippen molar-refractivity contribution >= 4 is 11.6 Å². The summed E-state index contributed by atoms with van der Waals surface area (Å²) < 4.78 is 0. The zero-order valence-corrected chi connectivity index (χ0v) is 5.40. The van der Waals surface area contributed by atoms with Crippen molar-refractivity contribution in [2.24, 2.45) is 5.73 Å². The van der Waals surface area contributed by atoms with E-state index in [0.717, 1.165) is 12.3 Å². The first-order valence-corrected chi connectivity index (χ1v) is 2.74. The maximum Gasteiger partial charge on any atom is 0.287 e. The molecule has 6 heteroatoms. The largest absolute Gasteiger partial charge is 0.364 e. The highest BCUT2D eigenvalue weighted by atomic mass is 16.6. The lowest BCUT2D eigenvalue weighted by molar-refractivity contribution is -0.384. The third-order valence-electron chi connectivity index (χ3n) is 1.14. The van der Waals surface area contributed by atoms with E-state index in [9.17, 15) is 14.9 Å². The predicted molar refractivity (Wildman–Crippen MR) is 36.0 cm³/mol. The lowest BCUT2D eigenvalue weighted by Crippen LogP contribution is -2.10. The molecule has 0 radical (unpaired) electrons. The fourth-order valence-corrected chi connectivity index (χ4v) is 0.631. The van der Waals surface area contributed by atoms with Gasteiger partial charge in [-0.15, -0.1) is 0 Å². The minimum absolute atomic E-state index is 0.0386. The lowest BCUT2D eigenvalue weighted by atomic mass is 10.4. The second-order valence-electron chi connectivity index (χ2n) is 1.89. The molecule has 1 rings (SSSR count). The standard InChI is InChI=1S/C5H5N3O3/c6-5(9)4-1-3(2-7-4)8(10)11/h1-2,7H,(H2,6,9). The van der Waals surface area contributed by atoms with Crippen LogP contribution in [0.2, 0.25) is 0 Å². The van der Waals surface area contributed by atoms with Gasteiger partial charge in [0, 0.05) is 6.07 Å². The van der Waals surface area contributed by atoms with Gasteiger partial charge in [-0.3, -0.25) is 14.9 Å². The molecule has 0 spiro atoms. The number of hydrogen-bond donors (Lipinski definition) is 2. The third kappa shape index (κ3) is 1.34. The Hall–Kier alpha value is -1.85. The van der Waals surface area contributed by atoms with Crippen LogP contribution in [0, 0.1) is 10.1 Å². The van der Waals surface area contributed by atoms with Crippen LogP contribution in [0.5, 0.6) is 0 Å². The molecule has 0 aliphatic carbocycles. The summed E-state index contributed by atoms with van der Waals surface area (Å²) in [6, 6.07) is 1.09. The number of amides is 1. The van der Waals surface area contributed by atoms with Gasteiger partial charge >= 0.3 is 0 Å². The molecule has 0 bridgehead atoms. The van der Waals surface area contributed by atoms with Crippen molar-refractivity contribution in [3.63, 3.8) is 0 Å². The van der Waals surface area contributed by atoms with Gasteiger partial charge in [-0.05, 0) is 0 Å². The highest BCUT2D eigenvalue weighted by Gasteiger charge is 2.10. The fourth-order valence-electron chi connectivity index (χ4n) is 0.631. The molecule has 1 aromatic rings. The molecule has 0 aromatic carbocycles. The first-order chi connectivity index (χ1) is 5.11. The van der Waals surface area contributed by atoms with Gasteiger partial charge < -0.3 is 10.7 Å². The average Bonchev–Trinajstić information content (AvgIpc) is 2.33. The van der Waals surface area contributed by atoms with Gasteiger partial charge in [0.1, 0.15) is 5.69 Å². The van der Waals surface area contributed by atoms with Crippen LogP contribution in [0.3, 0.4) is 0 Å². The molecule has 0 atom stereocenters. The van der Waals surface area contributed by atoms with Gasteiger partial charge in [0.2, 0.25) is 0 Å². The van der Waals surface area contributed by atoms with Crippen molar-refractivity contribution in [1.82, 2.24) is 4.98 Å². The van der Waals surface area contributed by atoms with E-state index in [-0.39, 0.29) is 11.4 Å². The molecule has 3 N–H and O–H groups in total. The molecule has 6 nitrogen and oxygen atoms in total. The number of primary amides is 1. The molecule has 11 heavy (non-hydrogen) atoms. The van der Waals surface area contributed by atoms with Gasteiger partial charge in [0.25, 0.3) is 11.6 Å². The second kappa shape index (κ2) is 2.41. The Bertz CT molecular complexity index is 275. The summed E-state index contributed by atoms with van der Waals surface area (Å²) in [5.74, 6) is -0.710. The first-order valence-electron chi connectivity index (χ1n) is 2.74. The van der Waals surface area contributed by atoms with Crippen LogP contribution in [0.4, 0.5) is 5.69 Å². The van der Waals surface area contributed by atoms with Crippen LogP contribution in [-0.2, 0) is 0 Å². The maximum absolute atomic E-state index is 10.4. The Kier molecular flexibility index (Phi) is 1.59. The van der Waals surface area contributed by atoms with Crippen molar-refractivity contribution in [1.29, 1.82) is 0 Å². The average molecular weight is 155 g/mol. The van der Waals surface area contributed by atoms with Crippen molar-refractivity contribution in [2.75, 3.05) is 0 Å². The Labute approximate surface area is 61.2 Å². The number of nitrogens with zero attached hydrogens (tertiary/aromatic N) is 1. The summed E-state index contributed by atoms with van der Waals surface area (Å²) in [5.41, 5.74) is 4.71. The number of nitrogens with one attached hydrogen (secondary N) is 1. The minimum atomic E-state index is -0.710. The number of hydrogen-bond acceptors (Lipinski definition) is 3. The Balaban J connectivity index is 2.99. The minimum Gasteiger partial charge on any atom is -0.364 e. The van der Waals surface area contributed by atoms with E-state index in [1.54, 1.807) is 0 Å². The van der Waals surface area contributed by atoms with Gasteiger partial charge in [-0.2, -0.15) is 0 Å². The zero-order valence-electron chi connectivity index (χ0n) is 5.40. The number of aromatic amines is 1. The Morgan fingerprint density at radius 3 is 2.64 bits per heavy atom. The summed E-state index contributed by atoms with van der Waals surface area (Å²) in [5, 5.41) is 10.1. The molecule has 58 valence electrons.